The highest BCUT2D eigenvalue weighted by Crippen LogP contribution is 2.32. The molecule has 9 heteroatoms. The quantitative estimate of drug-likeness (QED) is 0.627. The normalized spacial score (nSPS) is 11.5. The second-order valence-electron chi connectivity index (χ2n) is 4.73. The molecule has 0 aliphatic rings. The van der Waals surface area contributed by atoms with Gasteiger partial charge in [-0.05, 0) is 18.6 Å². The van der Waals surface area contributed by atoms with Crippen LogP contribution in [0.2, 0.25) is 0 Å². The van der Waals surface area contributed by atoms with E-state index in [1.807, 2.05) is 0 Å². The largest absolute Gasteiger partial charge is 0.434 e. The fourth-order valence-corrected chi connectivity index (χ4v) is 2.76. The molecule has 22 heavy (non-hydrogen) atoms. The molecule has 2 aromatic rings. The van der Waals surface area contributed by atoms with Crippen molar-refractivity contribution in [1.29, 1.82) is 0 Å². The standard InChI is InChI=1S/C13H12F3N3O2S/c1-8-3-4-9(10(5-8)19(20)21)18(2)6-12-17-11(7-22-12)13(14,15)16/h3-5,7H,6H2,1-2H3. The summed E-state index contributed by atoms with van der Waals surface area (Å²) >= 11 is 0.874. The van der Waals surface area contributed by atoms with Gasteiger partial charge in [0.2, 0.25) is 0 Å². The third kappa shape index (κ3) is 3.53. The van der Waals surface area contributed by atoms with Gasteiger partial charge < -0.3 is 4.90 Å². The summed E-state index contributed by atoms with van der Waals surface area (Å²) in [5.41, 5.74) is 0.0335. The van der Waals surface area contributed by atoms with E-state index in [9.17, 15) is 23.3 Å². The first-order valence-corrected chi connectivity index (χ1v) is 7.04. The molecule has 5 nitrogen and oxygen atoms in total. The van der Waals surface area contributed by atoms with Crippen LogP contribution >= 0.6 is 11.3 Å². The number of hydrogen-bond acceptors (Lipinski definition) is 5. The van der Waals surface area contributed by atoms with E-state index in [0.29, 0.717) is 5.69 Å². The van der Waals surface area contributed by atoms with Crippen molar-refractivity contribution in [3.8, 4) is 0 Å². The molecular weight excluding hydrogens is 319 g/mol. The first kappa shape index (κ1) is 16.2. The number of halogens is 3. The van der Waals surface area contributed by atoms with Crippen LogP contribution in [-0.4, -0.2) is 17.0 Å². The lowest BCUT2D eigenvalue weighted by Crippen LogP contribution is -2.18. The summed E-state index contributed by atoms with van der Waals surface area (Å²) < 4.78 is 37.6. The molecule has 0 fully saturated rings. The molecule has 0 amide bonds. The number of nitro groups is 1. The predicted octanol–water partition coefficient (Wildman–Crippen LogP) is 4.01. The maximum absolute atomic E-state index is 12.5. The second kappa shape index (κ2) is 5.91. The Morgan fingerprint density at radius 3 is 2.64 bits per heavy atom. The Morgan fingerprint density at radius 1 is 1.41 bits per heavy atom. The number of rotatable bonds is 4. The number of thiazole rings is 1. The van der Waals surface area contributed by atoms with Gasteiger partial charge in [0.05, 0.1) is 11.5 Å². The van der Waals surface area contributed by atoms with Gasteiger partial charge in [0.1, 0.15) is 10.7 Å². The maximum atomic E-state index is 12.5. The van der Waals surface area contributed by atoms with E-state index in [0.717, 1.165) is 22.3 Å². The topological polar surface area (TPSA) is 59.3 Å². The fraction of sp³-hybridized carbons (Fsp3) is 0.308. The van der Waals surface area contributed by atoms with Crippen molar-refractivity contribution in [1.82, 2.24) is 4.98 Å². The molecule has 1 aromatic carbocycles. The minimum atomic E-state index is -4.48. The third-order valence-corrected chi connectivity index (χ3v) is 3.79. The number of benzene rings is 1. The number of anilines is 1. The van der Waals surface area contributed by atoms with Crippen LogP contribution in [0.15, 0.2) is 23.6 Å². The summed E-state index contributed by atoms with van der Waals surface area (Å²) in [7, 11) is 1.58. The zero-order valence-corrected chi connectivity index (χ0v) is 12.5. The molecule has 1 heterocycles. The van der Waals surface area contributed by atoms with E-state index >= 15 is 0 Å². The van der Waals surface area contributed by atoms with Crippen LogP contribution in [0.25, 0.3) is 0 Å². The van der Waals surface area contributed by atoms with Gasteiger partial charge in [0, 0.05) is 18.5 Å². The second-order valence-corrected chi connectivity index (χ2v) is 5.67. The van der Waals surface area contributed by atoms with Crippen molar-refractivity contribution in [2.75, 3.05) is 11.9 Å². The Kier molecular flexibility index (Phi) is 4.36. The fourth-order valence-electron chi connectivity index (χ4n) is 1.90. The number of nitro benzene ring substituents is 1. The van der Waals surface area contributed by atoms with Crippen molar-refractivity contribution in [3.05, 3.63) is 50.0 Å². The summed E-state index contributed by atoms with van der Waals surface area (Å²) in [4.78, 5) is 15.6. The monoisotopic (exact) mass is 331 g/mol. The van der Waals surface area contributed by atoms with E-state index in [1.165, 1.54) is 11.0 Å². The molecule has 0 radical (unpaired) electrons. The highest BCUT2D eigenvalue weighted by molar-refractivity contribution is 7.09. The highest BCUT2D eigenvalue weighted by Gasteiger charge is 2.33. The van der Waals surface area contributed by atoms with Crippen molar-refractivity contribution in [2.24, 2.45) is 0 Å². The van der Waals surface area contributed by atoms with Crippen LogP contribution in [0, 0.1) is 17.0 Å². The molecule has 0 atom stereocenters. The van der Waals surface area contributed by atoms with Gasteiger partial charge in [-0.15, -0.1) is 11.3 Å². The molecule has 1 aromatic heterocycles. The maximum Gasteiger partial charge on any atom is 0.434 e. The molecule has 0 spiro atoms. The Hall–Kier alpha value is -2.16. The van der Waals surface area contributed by atoms with Gasteiger partial charge in [0.15, 0.2) is 5.69 Å². The molecular formula is C13H12F3N3O2S. The number of aryl methyl sites for hydroxylation is 1. The number of aromatic nitrogens is 1. The number of nitrogens with zero attached hydrogens (tertiary/aromatic N) is 3. The SMILES string of the molecule is Cc1ccc(N(C)Cc2nc(C(F)(F)F)cs2)c([N+](=O)[O-])c1. The van der Waals surface area contributed by atoms with Crippen LogP contribution in [0.1, 0.15) is 16.3 Å². The lowest BCUT2D eigenvalue weighted by molar-refractivity contribution is -0.384. The first-order valence-electron chi connectivity index (χ1n) is 6.16. The van der Waals surface area contributed by atoms with Crippen molar-refractivity contribution >= 4 is 22.7 Å². The molecule has 2 rings (SSSR count). The van der Waals surface area contributed by atoms with Crippen LogP contribution in [0.4, 0.5) is 24.5 Å². The highest BCUT2D eigenvalue weighted by atomic mass is 32.1. The van der Waals surface area contributed by atoms with E-state index in [4.69, 9.17) is 0 Å². The lowest BCUT2D eigenvalue weighted by Gasteiger charge is -2.18. The first-order chi connectivity index (χ1) is 10.2. The van der Waals surface area contributed by atoms with Crippen molar-refractivity contribution in [3.63, 3.8) is 0 Å². The average Bonchev–Trinajstić information content (AvgIpc) is 2.86. The van der Waals surface area contributed by atoms with Crippen LogP contribution in [0.5, 0.6) is 0 Å². The molecule has 0 saturated carbocycles. The van der Waals surface area contributed by atoms with Gasteiger partial charge in [-0.2, -0.15) is 13.2 Å². The molecule has 0 aliphatic carbocycles. The van der Waals surface area contributed by atoms with Gasteiger partial charge >= 0.3 is 6.18 Å². The number of hydrogen-bond donors (Lipinski definition) is 0. The summed E-state index contributed by atoms with van der Waals surface area (Å²) in [5.74, 6) is 0. The third-order valence-electron chi connectivity index (χ3n) is 2.95. The lowest BCUT2D eigenvalue weighted by atomic mass is 10.2. The Labute approximate surface area is 128 Å². The molecule has 0 unspecified atom stereocenters. The number of alkyl halides is 3. The summed E-state index contributed by atoms with van der Waals surface area (Å²) in [5, 5.41) is 12.3. The van der Waals surface area contributed by atoms with E-state index in [-0.39, 0.29) is 17.2 Å². The van der Waals surface area contributed by atoms with Gasteiger partial charge in [-0.3, -0.25) is 10.1 Å². The summed E-state index contributed by atoms with van der Waals surface area (Å²) in [6, 6.07) is 4.71. The zero-order chi connectivity index (χ0) is 16.5. The van der Waals surface area contributed by atoms with E-state index in [1.54, 1.807) is 26.1 Å². The van der Waals surface area contributed by atoms with E-state index in [2.05, 4.69) is 4.98 Å². The van der Waals surface area contributed by atoms with Crippen LogP contribution in [0.3, 0.4) is 0 Å². The smallest absolute Gasteiger partial charge is 0.362 e. The van der Waals surface area contributed by atoms with Gasteiger partial charge in [-0.1, -0.05) is 6.07 Å². The minimum absolute atomic E-state index is 0.0602. The van der Waals surface area contributed by atoms with Gasteiger partial charge in [0.25, 0.3) is 5.69 Å². The van der Waals surface area contributed by atoms with Crippen LogP contribution < -0.4 is 4.90 Å². The van der Waals surface area contributed by atoms with Crippen LogP contribution in [-0.2, 0) is 12.7 Å². The van der Waals surface area contributed by atoms with E-state index < -0.39 is 16.8 Å². The summed E-state index contributed by atoms with van der Waals surface area (Å²) in [6.45, 7) is 1.79. The molecule has 0 aliphatic heterocycles. The molecule has 118 valence electrons. The Balaban J connectivity index is 2.24. The zero-order valence-electron chi connectivity index (χ0n) is 11.7. The van der Waals surface area contributed by atoms with Gasteiger partial charge in [-0.25, -0.2) is 4.98 Å². The van der Waals surface area contributed by atoms with Crippen molar-refractivity contribution < 1.29 is 18.1 Å². The van der Waals surface area contributed by atoms with Crippen molar-refractivity contribution in [2.45, 2.75) is 19.6 Å². The molecule has 0 bridgehead atoms. The Bertz CT molecular complexity index is 700. The predicted molar refractivity (Wildman–Crippen MR) is 77.1 cm³/mol. The average molecular weight is 331 g/mol. The Morgan fingerprint density at radius 2 is 2.09 bits per heavy atom. The molecule has 0 N–H and O–H groups in total. The minimum Gasteiger partial charge on any atom is -0.362 e. The summed E-state index contributed by atoms with van der Waals surface area (Å²) in [6.07, 6.45) is -4.48. The molecule has 0 saturated heterocycles.